The SMILES string of the molecule is [2H]C([2H])([2H])c1n[nH]nc1C([2H])([2H])[2H]. The first-order valence-corrected chi connectivity index (χ1v) is 1.64. The fraction of sp³-hybridized carbons (Fsp3) is 0.500. The Bertz CT molecular complexity index is 267. The maximum absolute atomic E-state index is 6.97. The van der Waals surface area contributed by atoms with Crippen LogP contribution in [0.15, 0.2) is 0 Å². The molecule has 0 aromatic carbocycles. The number of nitrogens with one attached hydrogen (secondary N) is 1. The van der Waals surface area contributed by atoms with Gasteiger partial charge in [-0.05, 0) is 13.7 Å². The van der Waals surface area contributed by atoms with Gasteiger partial charge in [0.05, 0.1) is 11.4 Å². The number of aryl methyl sites for hydroxylation is 2. The number of H-pyrrole nitrogens is 1. The summed E-state index contributed by atoms with van der Waals surface area (Å²) in [4.78, 5) is 0. The van der Waals surface area contributed by atoms with E-state index in [2.05, 4.69) is 10.2 Å². The molecule has 1 rings (SSSR count). The fourth-order valence-corrected chi connectivity index (χ4v) is 0.231. The van der Waals surface area contributed by atoms with E-state index in [4.69, 9.17) is 8.22 Å². The molecule has 0 aliphatic carbocycles. The van der Waals surface area contributed by atoms with Crippen molar-refractivity contribution in [2.75, 3.05) is 0 Å². The van der Waals surface area contributed by atoms with E-state index in [1.807, 2.05) is 5.21 Å². The molecule has 7 heavy (non-hydrogen) atoms. The van der Waals surface area contributed by atoms with Gasteiger partial charge in [-0.25, -0.2) is 0 Å². The van der Waals surface area contributed by atoms with Gasteiger partial charge in [-0.15, -0.1) is 0 Å². The van der Waals surface area contributed by atoms with Crippen LogP contribution in [0, 0.1) is 13.7 Å². The van der Waals surface area contributed by atoms with Gasteiger partial charge in [-0.2, -0.15) is 15.4 Å². The van der Waals surface area contributed by atoms with E-state index in [0.29, 0.717) is 0 Å². The van der Waals surface area contributed by atoms with Crippen molar-refractivity contribution in [2.45, 2.75) is 13.7 Å². The Morgan fingerprint density at radius 1 is 1.43 bits per heavy atom. The van der Waals surface area contributed by atoms with Crippen molar-refractivity contribution in [2.24, 2.45) is 0 Å². The van der Waals surface area contributed by atoms with Crippen molar-refractivity contribution in [1.82, 2.24) is 15.4 Å². The predicted octanol–water partition coefficient (Wildman–Crippen LogP) is 0.422. The normalized spacial score (nSPS) is 25.7. The Labute approximate surface area is 50.2 Å². The third-order valence-electron chi connectivity index (χ3n) is 0.548. The molecule has 0 atom stereocenters. The summed E-state index contributed by atoms with van der Waals surface area (Å²) >= 11 is 0. The summed E-state index contributed by atoms with van der Waals surface area (Å²) in [6.45, 7) is -5.09. The van der Waals surface area contributed by atoms with Crippen LogP contribution in [0.3, 0.4) is 0 Å². The zero-order chi connectivity index (χ0) is 10.3. The number of nitrogens with zero attached hydrogens (tertiary/aromatic N) is 2. The zero-order valence-electron chi connectivity index (χ0n) is 9.39. The van der Waals surface area contributed by atoms with Crippen LogP contribution in [0.5, 0.6) is 0 Å². The topological polar surface area (TPSA) is 41.6 Å². The molecule has 0 amide bonds. The molecule has 0 bridgehead atoms. The van der Waals surface area contributed by atoms with Crippen molar-refractivity contribution in [3.8, 4) is 0 Å². The lowest BCUT2D eigenvalue weighted by molar-refractivity contribution is 0.921. The fourth-order valence-electron chi connectivity index (χ4n) is 0.231. The summed E-state index contributed by atoms with van der Waals surface area (Å²) in [6, 6.07) is 0. The number of hydrogen-bond acceptors (Lipinski definition) is 2. The lowest BCUT2D eigenvalue weighted by Crippen LogP contribution is -1.71. The lowest BCUT2D eigenvalue weighted by Gasteiger charge is -1.74. The van der Waals surface area contributed by atoms with E-state index in [9.17, 15) is 0 Å². The molecule has 1 aromatic heterocycles. The summed E-state index contributed by atoms with van der Waals surface area (Å²) in [5, 5.41) is 8.58. The first-order chi connectivity index (χ1) is 5.73. The van der Waals surface area contributed by atoms with Crippen molar-refractivity contribution in [3.63, 3.8) is 0 Å². The van der Waals surface area contributed by atoms with Crippen molar-refractivity contribution in [1.29, 1.82) is 0 Å². The van der Waals surface area contributed by atoms with Crippen molar-refractivity contribution in [3.05, 3.63) is 11.4 Å². The van der Waals surface area contributed by atoms with E-state index in [1.54, 1.807) is 0 Å². The van der Waals surface area contributed by atoms with Crippen LogP contribution in [-0.2, 0) is 0 Å². The molecular weight excluding hydrogens is 90.1 g/mol. The molecular formula is C4H7N3. The molecule has 0 spiro atoms. The average Bonchev–Trinajstić information content (AvgIpc) is 2.27. The smallest absolute Gasteiger partial charge is 0.0822 e. The van der Waals surface area contributed by atoms with Gasteiger partial charge in [0.2, 0.25) is 0 Å². The van der Waals surface area contributed by atoms with Crippen LogP contribution in [0.1, 0.15) is 19.6 Å². The van der Waals surface area contributed by atoms with Crippen LogP contribution in [0.2, 0.25) is 0 Å². The Morgan fingerprint density at radius 2 is 2.00 bits per heavy atom. The summed E-state index contributed by atoms with van der Waals surface area (Å²) in [5.74, 6) is 0. The highest BCUT2D eigenvalue weighted by atomic mass is 15.3. The molecule has 3 heteroatoms. The summed E-state index contributed by atoms with van der Waals surface area (Å²) < 4.78 is 41.8. The molecule has 0 saturated carbocycles. The third-order valence-corrected chi connectivity index (χ3v) is 0.548. The van der Waals surface area contributed by atoms with Gasteiger partial charge >= 0.3 is 0 Å². The summed E-state index contributed by atoms with van der Waals surface area (Å²) in [6.07, 6.45) is 0. The van der Waals surface area contributed by atoms with E-state index in [0.717, 1.165) is 0 Å². The Morgan fingerprint density at radius 3 is 2.43 bits per heavy atom. The first kappa shape index (κ1) is 1.10. The molecule has 3 nitrogen and oxygen atoms in total. The summed E-state index contributed by atoms with van der Waals surface area (Å²) in [5.41, 5.74) is -0.986. The largest absolute Gasteiger partial charge is 0.197 e. The van der Waals surface area contributed by atoms with Gasteiger partial charge in [0.15, 0.2) is 0 Å². The van der Waals surface area contributed by atoms with Crippen LogP contribution in [-0.4, -0.2) is 15.4 Å². The molecule has 0 unspecified atom stereocenters. The molecule has 0 radical (unpaired) electrons. The second kappa shape index (κ2) is 1.33. The molecule has 0 fully saturated rings. The highest BCUT2D eigenvalue weighted by molar-refractivity contribution is 5.01. The average molecular weight is 103 g/mol. The monoisotopic (exact) mass is 103 g/mol. The van der Waals surface area contributed by atoms with Crippen molar-refractivity contribution < 1.29 is 8.22 Å². The molecule has 1 heterocycles. The summed E-state index contributed by atoms with van der Waals surface area (Å²) in [7, 11) is 0. The van der Waals surface area contributed by atoms with Gasteiger partial charge in [-0.1, -0.05) is 0 Å². The van der Waals surface area contributed by atoms with E-state index < -0.39 is 25.1 Å². The molecule has 1 N–H and O–H groups in total. The van der Waals surface area contributed by atoms with E-state index in [-0.39, 0.29) is 0 Å². The Balaban J connectivity index is 3.19. The highest BCUT2D eigenvalue weighted by Gasteiger charge is 1.90. The van der Waals surface area contributed by atoms with Crippen LogP contribution in [0.4, 0.5) is 0 Å². The number of hydrogen-bond donors (Lipinski definition) is 1. The number of aromatic amines is 1. The number of rotatable bonds is 0. The first-order valence-electron chi connectivity index (χ1n) is 4.64. The van der Waals surface area contributed by atoms with E-state index in [1.165, 1.54) is 0 Å². The number of aromatic nitrogens is 3. The Kier molecular flexibility index (Phi) is 0.209. The maximum atomic E-state index is 6.97. The van der Waals surface area contributed by atoms with Gasteiger partial charge in [0.25, 0.3) is 0 Å². The zero-order valence-corrected chi connectivity index (χ0v) is 3.39. The quantitative estimate of drug-likeness (QED) is 0.517. The van der Waals surface area contributed by atoms with Gasteiger partial charge < -0.3 is 0 Å². The molecule has 0 aliphatic rings. The third kappa shape index (κ3) is 0.607. The minimum Gasteiger partial charge on any atom is -0.197 e. The van der Waals surface area contributed by atoms with E-state index >= 15 is 0 Å². The minimum atomic E-state index is -2.54. The lowest BCUT2D eigenvalue weighted by atomic mass is 10.4. The van der Waals surface area contributed by atoms with Gasteiger partial charge in [0.1, 0.15) is 0 Å². The second-order valence-electron chi connectivity index (χ2n) is 1.02. The standard InChI is InChI=1S/C4H7N3/c1-3-4(2)6-7-5-3/h1-2H3,(H,5,6,7)/i1D3,2D3. The van der Waals surface area contributed by atoms with Crippen LogP contribution < -0.4 is 0 Å². The van der Waals surface area contributed by atoms with Gasteiger partial charge in [0, 0.05) is 8.22 Å². The minimum absolute atomic E-state index is 0.493. The van der Waals surface area contributed by atoms with Crippen molar-refractivity contribution >= 4 is 0 Å². The second-order valence-corrected chi connectivity index (χ2v) is 1.02. The van der Waals surface area contributed by atoms with Crippen LogP contribution >= 0.6 is 0 Å². The Hall–Kier alpha value is -0.860. The molecule has 1 aromatic rings. The van der Waals surface area contributed by atoms with Crippen LogP contribution in [0.25, 0.3) is 0 Å². The molecule has 0 saturated heterocycles. The highest BCUT2D eigenvalue weighted by Crippen LogP contribution is 1.91. The molecule has 38 valence electrons. The predicted molar refractivity (Wildman–Crippen MR) is 25.9 cm³/mol. The van der Waals surface area contributed by atoms with Gasteiger partial charge in [-0.3, -0.25) is 0 Å². The maximum Gasteiger partial charge on any atom is 0.0822 e. The molecule has 0 aliphatic heterocycles.